The second kappa shape index (κ2) is 4.03. The van der Waals surface area contributed by atoms with Gasteiger partial charge in [0.15, 0.2) is 0 Å². The Hall–Kier alpha value is -0.380. The van der Waals surface area contributed by atoms with Crippen molar-refractivity contribution in [2.24, 2.45) is 5.92 Å². The van der Waals surface area contributed by atoms with E-state index in [-0.39, 0.29) is 24.7 Å². The van der Waals surface area contributed by atoms with Gasteiger partial charge in [-0.3, -0.25) is 4.90 Å². The van der Waals surface area contributed by atoms with Crippen LogP contribution in [0.1, 0.15) is 6.92 Å². The Labute approximate surface area is 73.3 Å². The van der Waals surface area contributed by atoms with Gasteiger partial charge >= 0.3 is 0 Å². The third kappa shape index (κ3) is 1.86. The second-order valence-electron chi connectivity index (χ2n) is 3.44. The molecule has 0 aromatic rings. The van der Waals surface area contributed by atoms with Gasteiger partial charge in [-0.1, -0.05) is 6.08 Å². The van der Waals surface area contributed by atoms with Gasteiger partial charge in [0.25, 0.3) is 0 Å². The Kier molecular flexibility index (Phi) is 3.26. The minimum atomic E-state index is -0.377. The molecule has 0 bridgehead atoms. The van der Waals surface area contributed by atoms with Crippen LogP contribution in [0.5, 0.6) is 0 Å². The molecule has 0 aromatic carbocycles. The van der Waals surface area contributed by atoms with Crippen LogP contribution < -0.4 is 0 Å². The van der Waals surface area contributed by atoms with Crippen LogP contribution in [0.4, 0.5) is 0 Å². The number of rotatable bonds is 3. The summed E-state index contributed by atoms with van der Waals surface area (Å²) in [5.74, 6) is 0.0207. The van der Waals surface area contributed by atoms with E-state index in [9.17, 15) is 5.11 Å². The molecule has 3 heteroatoms. The third-order valence-corrected chi connectivity index (χ3v) is 2.59. The van der Waals surface area contributed by atoms with Crippen molar-refractivity contribution in [3.8, 4) is 0 Å². The van der Waals surface area contributed by atoms with Crippen molar-refractivity contribution in [1.29, 1.82) is 0 Å². The Morgan fingerprint density at radius 1 is 1.67 bits per heavy atom. The fourth-order valence-corrected chi connectivity index (χ4v) is 1.55. The Balaban J connectivity index is 2.47. The van der Waals surface area contributed by atoms with Crippen LogP contribution in [0.25, 0.3) is 0 Å². The van der Waals surface area contributed by atoms with Gasteiger partial charge < -0.3 is 10.2 Å². The van der Waals surface area contributed by atoms with Gasteiger partial charge in [-0.05, 0) is 6.92 Å². The monoisotopic (exact) mass is 171 g/mol. The second-order valence-corrected chi connectivity index (χ2v) is 3.44. The normalized spacial score (nSPS) is 33.6. The van der Waals surface area contributed by atoms with Gasteiger partial charge in [0.05, 0.1) is 6.10 Å². The maximum atomic E-state index is 9.47. The van der Waals surface area contributed by atoms with Crippen molar-refractivity contribution < 1.29 is 10.2 Å². The molecule has 2 N–H and O–H groups in total. The van der Waals surface area contributed by atoms with E-state index in [1.165, 1.54) is 0 Å². The average Bonchev–Trinajstić information content (AvgIpc) is 2.45. The largest absolute Gasteiger partial charge is 0.396 e. The van der Waals surface area contributed by atoms with Crippen LogP contribution in [-0.4, -0.2) is 47.0 Å². The first-order chi connectivity index (χ1) is 5.69. The van der Waals surface area contributed by atoms with Crippen LogP contribution in [0.15, 0.2) is 12.7 Å². The molecule has 12 heavy (non-hydrogen) atoms. The lowest BCUT2D eigenvalue weighted by atomic mass is 10.1. The van der Waals surface area contributed by atoms with E-state index < -0.39 is 0 Å². The van der Waals surface area contributed by atoms with Crippen LogP contribution >= 0.6 is 0 Å². The summed E-state index contributed by atoms with van der Waals surface area (Å²) in [5, 5.41) is 18.4. The zero-order valence-electron chi connectivity index (χ0n) is 7.48. The zero-order chi connectivity index (χ0) is 9.14. The molecule has 1 saturated heterocycles. The van der Waals surface area contributed by atoms with Crippen molar-refractivity contribution >= 4 is 0 Å². The SMILES string of the molecule is C=CC(C)N1CC(O)C(CO)C1. The van der Waals surface area contributed by atoms with Gasteiger partial charge in [0.2, 0.25) is 0 Å². The zero-order valence-corrected chi connectivity index (χ0v) is 7.48. The highest BCUT2D eigenvalue weighted by molar-refractivity contribution is 4.92. The Morgan fingerprint density at radius 2 is 2.33 bits per heavy atom. The molecule has 1 heterocycles. The van der Waals surface area contributed by atoms with Crippen molar-refractivity contribution in [2.75, 3.05) is 19.7 Å². The minimum Gasteiger partial charge on any atom is -0.396 e. The van der Waals surface area contributed by atoms with E-state index in [4.69, 9.17) is 5.11 Å². The van der Waals surface area contributed by atoms with E-state index in [1.54, 1.807) is 0 Å². The van der Waals surface area contributed by atoms with E-state index in [0.29, 0.717) is 6.54 Å². The number of hydrogen-bond acceptors (Lipinski definition) is 3. The Morgan fingerprint density at radius 3 is 2.75 bits per heavy atom. The molecule has 1 aliphatic rings. The van der Waals surface area contributed by atoms with Crippen LogP contribution in [0, 0.1) is 5.92 Å². The first-order valence-electron chi connectivity index (χ1n) is 4.34. The molecule has 3 unspecified atom stereocenters. The lowest BCUT2D eigenvalue weighted by molar-refractivity contribution is 0.103. The van der Waals surface area contributed by atoms with Crippen molar-refractivity contribution in [3.05, 3.63) is 12.7 Å². The molecule has 3 nitrogen and oxygen atoms in total. The van der Waals surface area contributed by atoms with Gasteiger partial charge in [-0.25, -0.2) is 0 Å². The molecule has 0 spiro atoms. The molecule has 3 atom stereocenters. The number of β-amino-alcohol motifs (C(OH)–C–C–N with tert-alkyl or cyclic N) is 1. The molecule has 0 radical (unpaired) electrons. The molecule has 0 saturated carbocycles. The average molecular weight is 171 g/mol. The lowest BCUT2D eigenvalue weighted by Crippen LogP contribution is -2.30. The lowest BCUT2D eigenvalue weighted by Gasteiger charge is -2.20. The predicted molar refractivity (Wildman–Crippen MR) is 47.8 cm³/mol. The number of nitrogens with zero attached hydrogens (tertiary/aromatic N) is 1. The van der Waals surface area contributed by atoms with Crippen LogP contribution in [0.2, 0.25) is 0 Å². The van der Waals surface area contributed by atoms with Gasteiger partial charge in [0.1, 0.15) is 0 Å². The van der Waals surface area contributed by atoms with Gasteiger partial charge in [-0.2, -0.15) is 0 Å². The topological polar surface area (TPSA) is 43.7 Å². The molecule has 70 valence electrons. The van der Waals surface area contributed by atoms with Crippen molar-refractivity contribution in [1.82, 2.24) is 4.90 Å². The fourth-order valence-electron chi connectivity index (χ4n) is 1.55. The van der Waals surface area contributed by atoms with E-state index in [1.807, 2.05) is 13.0 Å². The van der Waals surface area contributed by atoms with Gasteiger partial charge in [-0.15, -0.1) is 6.58 Å². The summed E-state index contributed by atoms with van der Waals surface area (Å²) in [4.78, 5) is 2.12. The molecular formula is C9H17NO2. The smallest absolute Gasteiger partial charge is 0.0729 e. The minimum absolute atomic E-state index is 0.0207. The number of hydrogen-bond donors (Lipinski definition) is 2. The molecular weight excluding hydrogens is 154 g/mol. The summed E-state index contributed by atoms with van der Waals surface area (Å²) in [6.45, 7) is 7.23. The number of aliphatic hydroxyl groups excluding tert-OH is 2. The summed E-state index contributed by atoms with van der Waals surface area (Å²) in [5.41, 5.74) is 0. The summed E-state index contributed by atoms with van der Waals surface area (Å²) in [6.07, 6.45) is 1.48. The van der Waals surface area contributed by atoms with Crippen LogP contribution in [-0.2, 0) is 0 Å². The summed E-state index contributed by atoms with van der Waals surface area (Å²) in [6, 6.07) is 0.288. The van der Waals surface area contributed by atoms with E-state index in [0.717, 1.165) is 6.54 Å². The third-order valence-electron chi connectivity index (χ3n) is 2.59. The highest BCUT2D eigenvalue weighted by Crippen LogP contribution is 2.18. The van der Waals surface area contributed by atoms with E-state index in [2.05, 4.69) is 11.5 Å². The quantitative estimate of drug-likeness (QED) is 0.580. The summed E-state index contributed by atoms with van der Waals surface area (Å²) >= 11 is 0. The van der Waals surface area contributed by atoms with Crippen molar-refractivity contribution in [3.63, 3.8) is 0 Å². The van der Waals surface area contributed by atoms with Gasteiger partial charge in [0, 0.05) is 31.7 Å². The number of aliphatic hydroxyl groups is 2. The Bertz CT molecular complexity index is 161. The summed E-state index contributed by atoms with van der Waals surface area (Å²) < 4.78 is 0. The maximum absolute atomic E-state index is 9.47. The predicted octanol–water partition coefficient (Wildman–Crippen LogP) is -0.154. The molecule has 0 aliphatic carbocycles. The maximum Gasteiger partial charge on any atom is 0.0729 e. The summed E-state index contributed by atoms with van der Waals surface area (Å²) in [7, 11) is 0. The molecule has 0 amide bonds. The first kappa shape index (κ1) is 9.71. The number of likely N-dealkylation sites (tertiary alicyclic amines) is 1. The highest BCUT2D eigenvalue weighted by Gasteiger charge is 2.31. The standard InChI is InChI=1S/C9H17NO2/c1-3-7(2)10-4-8(6-11)9(12)5-10/h3,7-9,11-12H,1,4-6H2,2H3. The first-order valence-corrected chi connectivity index (χ1v) is 4.34. The molecule has 1 aliphatic heterocycles. The highest BCUT2D eigenvalue weighted by atomic mass is 16.3. The molecule has 1 fully saturated rings. The van der Waals surface area contributed by atoms with Crippen LogP contribution in [0.3, 0.4) is 0 Å². The molecule has 0 aromatic heterocycles. The van der Waals surface area contributed by atoms with E-state index >= 15 is 0 Å². The fraction of sp³-hybridized carbons (Fsp3) is 0.778. The molecule has 1 rings (SSSR count). The van der Waals surface area contributed by atoms with Crippen molar-refractivity contribution in [2.45, 2.75) is 19.1 Å².